The van der Waals surface area contributed by atoms with Crippen LogP contribution in [0.2, 0.25) is 0 Å². The molecule has 0 bridgehead atoms. The van der Waals surface area contributed by atoms with Crippen LogP contribution in [0.4, 0.5) is 0 Å². The summed E-state index contributed by atoms with van der Waals surface area (Å²) in [6, 6.07) is 0. The van der Waals surface area contributed by atoms with Crippen molar-refractivity contribution in [1.29, 1.82) is 0 Å². The lowest BCUT2D eigenvalue weighted by Crippen LogP contribution is -2.30. The molecule has 0 N–H and O–H groups in total. The molecule has 0 aliphatic heterocycles. The van der Waals surface area contributed by atoms with Gasteiger partial charge in [-0.2, -0.15) is 0 Å². The molecule has 0 aromatic carbocycles. The average Bonchev–Trinajstić information content (AvgIpc) is 2.28. The number of rotatable bonds is 9. The van der Waals surface area contributed by atoms with Gasteiger partial charge in [0.15, 0.2) is 0 Å². The quantitative estimate of drug-likeness (QED) is 0.478. The molecule has 0 aromatic rings. The van der Waals surface area contributed by atoms with E-state index in [1.165, 1.54) is 0 Å². The topological polar surface area (TPSA) is 44.8 Å². The molecule has 0 radical (unpaired) electrons. The summed E-state index contributed by atoms with van der Waals surface area (Å²) in [7, 11) is 0. The van der Waals surface area contributed by atoms with E-state index in [-0.39, 0.29) is 18.2 Å². The first-order chi connectivity index (χ1) is 8.77. The Balaban J connectivity index is 3.68. The standard InChI is InChI=1S/C15H30O4/c1-7-8-9-18-12(2)10-17-11-13(3)19-14(16)15(4,5)6/h12-13H,7-11H2,1-6H3. The van der Waals surface area contributed by atoms with Gasteiger partial charge in [-0.15, -0.1) is 0 Å². The van der Waals surface area contributed by atoms with E-state index in [0.717, 1.165) is 19.4 Å². The third kappa shape index (κ3) is 9.91. The first kappa shape index (κ1) is 18.4. The van der Waals surface area contributed by atoms with E-state index in [0.29, 0.717) is 13.2 Å². The van der Waals surface area contributed by atoms with E-state index in [2.05, 4.69) is 6.92 Å². The van der Waals surface area contributed by atoms with Crippen LogP contribution in [0.5, 0.6) is 0 Å². The zero-order chi connectivity index (χ0) is 14.9. The van der Waals surface area contributed by atoms with Crippen LogP contribution in [0.1, 0.15) is 54.4 Å². The smallest absolute Gasteiger partial charge is 0.311 e. The molecule has 4 heteroatoms. The molecule has 0 spiro atoms. The highest BCUT2D eigenvalue weighted by Gasteiger charge is 2.24. The number of hydrogen-bond acceptors (Lipinski definition) is 4. The highest BCUT2D eigenvalue weighted by atomic mass is 16.6. The van der Waals surface area contributed by atoms with E-state index >= 15 is 0 Å². The van der Waals surface area contributed by atoms with Crippen molar-refractivity contribution in [3.63, 3.8) is 0 Å². The SMILES string of the molecule is CCCCOC(C)COCC(C)OC(=O)C(C)(C)C. The summed E-state index contributed by atoms with van der Waals surface area (Å²) in [6.45, 7) is 13.2. The molecule has 2 atom stereocenters. The minimum absolute atomic E-state index is 0.0806. The van der Waals surface area contributed by atoms with Gasteiger partial charge in [0.1, 0.15) is 6.10 Å². The number of unbranched alkanes of at least 4 members (excludes halogenated alkanes) is 1. The second-order valence-electron chi connectivity index (χ2n) is 6.04. The molecule has 0 aliphatic rings. The molecule has 0 rings (SSSR count). The zero-order valence-electron chi connectivity index (χ0n) is 13.3. The molecule has 0 saturated heterocycles. The molecular formula is C15H30O4. The fraction of sp³-hybridized carbons (Fsp3) is 0.933. The summed E-state index contributed by atoms with van der Waals surface area (Å²) in [5, 5.41) is 0. The van der Waals surface area contributed by atoms with Crippen LogP contribution in [-0.4, -0.2) is 38.0 Å². The summed E-state index contributed by atoms with van der Waals surface area (Å²) in [4.78, 5) is 11.6. The average molecular weight is 274 g/mol. The number of carbonyl (C=O) groups is 1. The van der Waals surface area contributed by atoms with Crippen LogP contribution in [0.15, 0.2) is 0 Å². The summed E-state index contributed by atoms with van der Waals surface area (Å²) in [6.07, 6.45) is 2.06. The monoisotopic (exact) mass is 274 g/mol. The molecule has 19 heavy (non-hydrogen) atoms. The van der Waals surface area contributed by atoms with Crippen LogP contribution >= 0.6 is 0 Å². The highest BCUT2D eigenvalue weighted by Crippen LogP contribution is 2.16. The molecule has 0 fully saturated rings. The first-order valence-electron chi connectivity index (χ1n) is 7.17. The molecular weight excluding hydrogens is 244 g/mol. The Morgan fingerprint density at radius 2 is 1.68 bits per heavy atom. The predicted octanol–water partition coefficient (Wildman–Crippen LogP) is 3.19. The van der Waals surface area contributed by atoms with Crippen molar-refractivity contribution in [2.45, 2.75) is 66.6 Å². The van der Waals surface area contributed by atoms with Gasteiger partial charge in [-0.1, -0.05) is 13.3 Å². The lowest BCUT2D eigenvalue weighted by atomic mass is 9.97. The van der Waals surface area contributed by atoms with Gasteiger partial charge in [-0.25, -0.2) is 0 Å². The van der Waals surface area contributed by atoms with Gasteiger partial charge >= 0.3 is 5.97 Å². The second-order valence-corrected chi connectivity index (χ2v) is 6.04. The van der Waals surface area contributed by atoms with Gasteiger partial charge in [-0.3, -0.25) is 4.79 Å². The van der Waals surface area contributed by atoms with Crippen molar-refractivity contribution in [1.82, 2.24) is 0 Å². The Hall–Kier alpha value is -0.610. The Morgan fingerprint density at radius 3 is 2.21 bits per heavy atom. The Morgan fingerprint density at radius 1 is 1.11 bits per heavy atom. The molecule has 0 amide bonds. The molecule has 0 aliphatic carbocycles. The van der Waals surface area contributed by atoms with Crippen molar-refractivity contribution in [3.05, 3.63) is 0 Å². The van der Waals surface area contributed by atoms with E-state index in [1.807, 2.05) is 34.6 Å². The fourth-order valence-electron chi connectivity index (χ4n) is 1.27. The van der Waals surface area contributed by atoms with Crippen LogP contribution in [0.3, 0.4) is 0 Å². The van der Waals surface area contributed by atoms with Crippen molar-refractivity contribution in [2.24, 2.45) is 5.41 Å². The maximum absolute atomic E-state index is 11.6. The lowest BCUT2D eigenvalue weighted by molar-refractivity contribution is -0.161. The Labute approximate surface area is 117 Å². The van der Waals surface area contributed by atoms with E-state index in [4.69, 9.17) is 14.2 Å². The van der Waals surface area contributed by atoms with Crippen LogP contribution in [0, 0.1) is 5.41 Å². The van der Waals surface area contributed by atoms with Gasteiger partial charge in [0, 0.05) is 6.61 Å². The minimum atomic E-state index is -0.467. The van der Waals surface area contributed by atoms with Crippen LogP contribution in [0.25, 0.3) is 0 Å². The Kier molecular flexibility index (Phi) is 9.02. The van der Waals surface area contributed by atoms with Crippen molar-refractivity contribution in [3.8, 4) is 0 Å². The summed E-state index contributed by atoms with van der Waals surface area (Å²) >= 11 is 0. The van der Waals surface area contributed by atoms with Gasteiger partial charge in [0.25, 0.3) is 0 Å². The molecule has 114 valence electrons. The second kappa shape index (κ2) is 9.32. The third-order valence-electron chi connectivity index (χ3n) is 2.53. The molecule has 4 nitrogen and oxygen atoms in total. The zero-order valence-corrected chi connectivity index (χ0v) is 13.3. The van der Waals surface area contributed by atoms with Crippen molar-refractivity contribution >= 4 is 5.97 Å². The van der Waals surface area contributed by atoms with Gasteiger partial charge in [0.05, 0.1) is 24.7 Å². The van der Waals surface area contributed by atoms with Crippen LogP contribution in [-0.2, 0) is 19.0 Å². The normalized spacial score (nSPS) is 15.1. The van der Waals surface area contributed by atoms with Crippen molar-refractivity contribution < 1.29 is 19.0 Å². The van der Waals surface area contributed by atoms with E-state index in [9.17, 15) is 4.79 Å². The number of carbonyl (C=O) groups excluding carboxylic acids is 1. The lowest BCUT2D eigenvalue weighted by Gasteiger charge is -2.21. The third-order valence-corrected chi connectivity index (χ3v) is 2.53. The van der Waals surface area contributed by atoms with Gasteiger partial charge in [-0.05, 0) is 41.0 Å². The van der Waals surface area contributed by atoms with Crippen molar-refractivity contribution in [2.75, 3.05) is 19.8 Å². The number of esters is 1. The predicted molar refractivity (Wildman–Crippen MR) is 76.2 cm³/mol. The number of hydrogen-bond donors (Lipinski definition) is 0. The maximum atomic E-state index is 11.6. The fourth-order valence-corrected chi connectivity index (χ4v) is 1.27. The van der Waals surface area contributed by atoms with E-state index < -0.39 is 5.41 Å². The number of ether oxygens (including phenoxy) is 3. The van der Waals surface area contributed by atoms with Gasteiger partial charge in [0.2, 0.25) is 0 Å². The minimum Gasteiger partial charge on any atom is -0.460 e. The summed E-state index contributed by atoms with van der Waals surface area (Å²) < 4.78 is 16.4. The van der Waals surface area contributed by atoms with Crippen LogP contribution < -0.4 is 0 Å². The summed E-state index contributed by atoms with van der Waals surface area (Å²) in [5.41, 5.74) is -0.467. The molecule has 0 saturated carbocycles. The Bertz CT molecular complexity index is 245. The first-order valence-corrected chi connectivity index (χ1v) is 7.17. The maximum Gasteiger partial charge on any atom is 0.311 e. The largest absolute Gasteiger partial charge is 0.460 e. The van der Waals surface area contributed by atoms with Gasteiger partial charge < -0.3 is 14.2 Å². The van der Waals surface area contributed by atoms with E-state index in [1.54, 1.807) is 0 Å². The molecule has 0 aromatic heterocycles. The highest BCUT2D eigenvalue weighted by molar-refractivity contribution is 5.75. The molecule has 0 heterocycles. The summed E-state index contributed by atoms with van der Waals surface area (Å²) in [5.74, 6) is -0.198. The molecule has 2 unspecified atom stereocenters.